The van der Waals surface area contributed by atoms with Crippen molar-refractivity contribution in [3.05, 3.63) is 74.6 Å². The van der Waals surface area contributed by atoms with Gasteiger partial charge in [0.25, 0.3) is 5.56 Å². The van der Waals surface area contributed by atoms with Crippen molar-refractivity contribution in [3.8, 4) is 28.6 Å². The average molecular weight is 938 g/mol. The van der Waals surface area contributed by atoms with E-state index in [0.717, 1.165) is 42.7 Å². The van der Waals surface area contributed by atoms with E-state index in [1.807, 2.05) is 12.1 Å². The first kappa shape index (κ1) is 47.9. The standard InChI is InChI=1S/C39H38N4O12.C4H9NO3S.CH4O/c1-40-12-33(46)41-28-6-19(2-5-30(28)55-34-8-21(45)7-22(14-44)54-34)15-49-17-53-37-23-9-29-36-25(13-43(29)38(47)26(23)16-50-39(37)48)35(20-3-4-20)24-10-31-32(52-18-51-31)11-27(24)42-36;1-9(7,8)3-2-5-4-6;1-2/h2,5-6,9-11,14,20-22,34,37,40,45H,3-4,7-8,12-13,15-18H2,1H3,(H,41,46);4H,2-3H2,1H3,(H,5,6);2H,1H3. The number of aliphatic hydroxyl groups is 2. The molecular formula is C44H51N5O16S. The number of carbonyl (C=O) groups is 4. The summed E-state index contributed by atoms with van der Waals surface area (Å²) in [5.41, 5.74) is 5.66. The highest BCUT2D eigenvalue weighted by Gasteiger charge is 2.39. The van der Waals surface area contributed by atoms with Crippen LogP contribution in [0.4, 0.5) is 5.69 Å². The number of sulfone groups is 1. The summed E-state index contributed by atoms with van der Waals surface area (Å²) in [5, 5.41) is 26.0. The molecule has 0 spiro atoms. The number of anilines is 1. The van der Waals surface area contributed by atoms with E-state index >= 15 is 0 Å². The van der Waals surface area contributed by atoms with Gasteiger partial charge in [-0.1, -0.05) is 6.07 Å². The van der Waals surface area contributed by atoms with Crippen molar-refractivity contribution in [2.75, 3.05) is 58.2 Å². The van der Waals surface area contributed by atoms with Gasteiger partial charge in [0.05, 0.1) is 59.7 Å². The molecule has 4 atom stereocenters. The van der Waals surface area contributed by atoms with E-state index in [1.54, 1.807) is 35.9 Å². The first-order valence-corrected chi connectivity index (χ1v) is 23.1. The maximum atomic E-state index is 14.0. The van der Waals surface area contributed by atoms with E-state index in [-0.39, 0.29) is 75.7 Å². The quantitative estimate of drug-likeness (QED) is 0.0404. The summed E-state index contributed by atoms with van der Waals surface area (Å²) < 4.78 is 62.5. The fraction of sp³-hybridized carbons (Fsp3) is 0.455. The van der Waals surface area contributed by atoms with E-state index in [9.17, 15) is 37.5 Å². The topological polar surface area (TPSA) is 278 Å². The number of rotatable bonds is 16. The fourth-order valence-electron chi connectivity index (χ4n) is 8.03. The number of cyclic esters (lactones) is 1. The van der Waals surface area contributed by atoms with Crippen LogP contribution >= 0.6 is 0 Å². The second-order valence-electron chi connectivity index (χ2n) is 15.9. The van der Waals surface area contributed by atoms with Gasteiger partial charge in [-0.25, -0.2) is 18.2 Å². The van der Waals surface area contributed by atoms with Crippen molar-refractivity contribution in [3.63, 3.8) is 0 Å². The molecule has 2 fully saturated rings. The molecule has 1 saturated heterocycles. The second kappa shape index (κ2) is 21.1. The van der Waals surface area contributed by atoms with Gasteiger partial charge in [0, 0.05) is 55.3 Å². The predicted octanol–water partition coefficient (Wildman–Crippen LogP) is 1.31. The molecule has 22 heteroatoms. The lowest BCUT2D eigenvalue weighted by molar-refractivity contribution is -0.175. The first-order valence-electron chi connectivity index (χ1n) is 21.1. The van der Waals surface area contributed by atoms with E-state index in [4.69, 9.17) is 43.2 Å². The molecule has 1 aliphatic carbocycles. The van der Waals surface area contributed by atoms with Crippen molar-refractivity contribution in [1.29, 1.82) is 0 Å². The lowest BCUT2D eigenvalue weighted by atomic mass is 9.96. The molecule has 5 aliphatic rings. The van der Waals surface area contributed by atoms with Crippen LogP contribution in [-0.4, -0.2) is 124 Å². The molecule has 2 amide bonds. The van der Waals surface area contributed by atoms with Gasteiger partial charge in [0.1, 0.15) is 41.4 Å². The van der Waals surface area contributed by atoms with Crippen LogP contribution in [0, 0.1) is 0 Å². The Morgan fingerprint density at radius 2 is 1.80 bits per heavy atom. The number of esters is 1. The summed E-state index contributed by atoms with van der Waals surface area (Å²) in [6.07, 6.45) is 0.932. The molecule has 4 unspecified atom stereocenters. The summed E-state index contributed by atoms with van der Waals surface area (Å²) in [6, 6.07) is 10.7. The molecule has 4 aliphatic heterocycles. The largest absolute Gasteiger partial charge is 0.463 e. The maximum absolute atomic E-state index is 14.0. The molecule has 6 heterocycles. The molecule has 66 heavy (non-hydrogen) atoms. The number of benzene rings is 2. The van der Waals surface area contributed by atoms with Gasteiger partial charge in [0.2, 0.25) is 25.4 Å². The minimum atomic E-state index is -2.92. The first-order chi connectivity index (χ1) is 31.8. The van der Waals surface area contributed by atoms with Gasteiger partial charge in [0.15, 0.2) is 17.6 Å². The molecule has 21 nitrogen and oxygen atoms in total. The highest BCUT2D eigenvalue weighted by Crippen LogP contribution is 2.50. The Bertz CT molecular complexity index is 2650. The highest BCUT2D eigenvalue weighted by atomic mass is 32.2. The lowest BCUT2D eigenvalue weighted by Gasteiger charge is -2.31. The summed E-state index contributed by atoms with van der Waals surface area (Å²) >= 11 is 0. The normalized spacial score (nSPS) is 20.0. The number of pyridine rings is 2. The van der Waals surface area contributed by atoms with Crippen LogP contribution in [0.15, 0.2) is 41.2 Å². The number of likely N-dealkylation sites (N-methyl/N-ethyl adjacent to an activating group) is 1. The summed E-state index contributed by atoms with van der Waals surface area (Å²) in [4.78, 5) is 65.5. The lowest BCUT2D eigenvalue weighted by Crippen LogP contribution is -2.39. The number of fused-ring (bicyclic) bond motifs is 6. The van der Waals surface area contributed by atoms with Gasteiger partial charge in [-0.15, -0.1) is 0 Å². The van der Waals surface area contributed by atoms with E-state index in [2.05, 4.69) is 16.0 Å². The van der Waals surface area contributed by atoms with Gasteiger partial charge in [-0.3, -0.25) is 14.4 Å². The monoisotopic (exact) mass is 937 g/mol. The average Bonchev–Trinajstić information content (AvgIpc) is 3.91. The predicted molar refractivity (Wildman–Crippen MR) is 233 cm³/mol. The summed E-state index contributed by atoms with van der Waals surface area (Å²) in [6.45, 7) is 0.277. The SMILES string of the molecule is CNCC(=O)Nc1cc(COCOC2C(=O)OCc3c2cc2n(c3=O)Cc3c-2nc2cc4c(cc2c3C2CC2)OCO4)ccc1OC1CC(O)CC(C=O)O1.CO.CS(=O)(=O)CCNC=O. The molecule has 4 aromatic rings. The van der Waals surface area contributed by atoms with E-state index in [0.29, 0.717) is 70.4 Å². The zero-order valence-corrected chi connectivity index (χ0v) is 37.2. The minimum Gasteiger partial charge on any atom is -0.463 e. The molecule has 5 N–H and O–H groups in total. The number of nitrogens with zero attached hydrogens (tertiary/aromatic N) is 2. The van der Waals surface area contributed by atoms with Crippen LogP contribution in [0.2, 0.25) is 0 Å². The number of amides is 2. The Balaban J connectivity index is 0.000000529. The number of aldehydes is 1. The zero-order chi connectivity index (χ0) is 47.1. The third-order valence-electron chi connectivity index (χ3n) is 11.1. The molecule has 2 aromatic carbocycles. The number of carbonyl (C=O) groups excluding carboxylic acids is 4. The van der Waals surface area contributed by atoms with E-state index in [1.165, 1.54) is 5.56 Å². The minimum absolute atomic E-state index is 0.00569. The number of hydrogen-bond donors (Lipinski definition) is 5. The molecule has 0 radical (unpaired) electrons. The molecule has 9 rings (SSSR count). The van der Waals surface area contributed by atoms with Crippen molar-refractivity contribution >= 4 is 51.0 Å². The van der Waals surface area contributed by atoms with Crippen molar-refractivity contribution in [2.45, 2.75) is 76.0 Å². The van der Waals surface area contributed by atoms with Gasteiger partial charge < -0.3 is 68.7 Å². The molecule has 354 valence electrons. The van der Waals surface area contributed by atoms with Gasteiger partial charge in [-0.2, -0.15) is 0 Å². The van der Waals surface area contributed by atoms with Gasteiger partial charge in [-0.05, 0) is 61.2 Å². The molecular weight excluding hydrogens is 887 g/mol. The van der Waals surface area contributed by atoms with E-state index < -0.39 is 40.4 Å². The number of nitrogens with one attached hydrogen (secondary N) is 3. The summed E-state index contributed by atoms with van der Waals surface area (Å²) in [5.74, 6) is 0.974. The molecule has 1 saturated carbocycles. The van der Waals surface area contributed by atoms with Crippen LogP contribution in [0.25, 0.3) is 22.3 Å². The van der Waals surface area contributed by atoms with Crippen LogP contribution in [0.1, 0.15) is 65.5 Å². The van der Waals surface area contributed by atoms with Crippen LogP contribution in [-0.2, 0) is 67.7 Å². The number of aliphatic hydroxyl groups excluding tert-OH is 2. The van der Waals surface area contributed by atoms with Gasteiger partial charge >= 0.3 is 5.97 Å². The number of hydrogen-bond acceptors (Lipinski definition) is 18. The maximum Gasteiger partial charge on any atom is 0.340 e. The van der Waals surface area contributed by atoms with Crippen molar-refractivity contribution in [1.82, 2.24) is 20.2 Å². The third-order valence-corrected chi connectivity index (χ3v) is 12.1. The highest BCUT2D eigenvalue weighted by molar-refractivity contribution is 7.90. The number of ether oxygens (including phenoxy) is 7. The van der Waals surface area contributed by atoms with Crippen molar-refractivity contribution < 1.29 is 71.0 Å². The smallest absolute Gasteiger partial charge is 0.340 e. The fourth-order valence-corrected chi connectivity index (χ4v) is 8.52. The number of aromatic nitrogens is 2. The second-order valence-corrected chi connectivity index (χ2v) is 18.2. The Hall–Kier alpha value is -6.01. The Kier molecular flexibility index (Phi) is 15.3. The van der Waals surface area contributed by atoms with Crippen LogP contribution < -0.4 is 35.7 Å². The van der Waals surface area contributed by atoms with Crippen molar-refractivity contribution in [2.24, 2.45) is 0 Å². The molecule has 2 aromatic heterocycles. The summed E-state index contributed by atoms with van der Waals surface area (Å²) in [7, 11) is -0.277. The Morgan fingerprint density at radius 3 is 2.52 bits per heavy atom. The Labute approximate surface area is 378 Å². The van der Waals surface area contributed by atoms with Crippen LogP contribution in [0.5, 0.6) is 17.2 Å². The Morgan fingerprint density at radius 1 is 1.03 bits per heavy atom. The molecule has 0 bridgehead atoms. The zero-order valence-electron chi connectivity index (χ0n) is 36.4. The third kappa shape index (κ3) is 11.0. The van der Waals surface area contributed by atoms with Crippen LogP contribution in [0.3, 0.4) is 0 Å².